The van der Waals surface area contributed by atoms with Gasteiger partial charge in [0.1, 0.15) is 0 Å². The van der Waals surface area contributed by atoms with E-state index >= 15 is 0 Å². The van der Waals surface area contributed by atoms with Crippen molar-refractivity contribution in [1.82, 2.24) is 14.5 Å². The van der Waals surface area contributed by atoms with Crippen molar-refractivity contribution < 1.29 is 35.9 Å². The fraction of sp³-hybridized carbons (Fsp3) is 0.381. The van der Waals surface area contributed by atoms with E-state index in [1.54, 1.807) is 0 Å². The van der Waals surface area contributed by atoms with Gasteiger partial charge in [-0.15, -0.1) is 0 Å². The van der Waals surface area contributed by atoms with E-state index in [9.17, 15) is 26.4 Å². The van der Waals surface area contributed by atoms with Gasteiger partial charge in [-0.25, -0.2) is 13.1 Å². The molecule has 2 heterocycles. The van der Waals surface area contributed by atoms with Gasteiger partial charge in [0, 0.05) is 32.7 Å². The molecule has 1 amide bonds. The molecule has 0 unspecified atom stereocenters. The lowest BCUT2D eigenvalue weighted by Crippen LogP contribution is -2.50. The Kier molecular flexibility index (Phi) is 6.50. The van der Waals surface area contributed by atoms with Crippen LogP contribution >= 0.6 is 0 Å². The van der Waals surface area contributed by atoms with Crippen LogP contribution in [0.2, 0.25) is 0 Å². The molecule has 0 bridgehead atoms. The fourth-order valence-corrected chi connectivity index (χ4v) is 4.66. The second-order valence-electron chi connectivity index (χ2n) is 7.69. The summed E-state index contributed by atoms with van der Waals surface area (Å²) < 4.78 is 76.0. The number of nitrogens with one attached hydrogen (secondary N) is 1. The van der Waals surface area contributed by atoms with E-state index in [4.69, 9.17) is 9.47 Å². The Labute approximate surface area is 188 Å². The normalized spacial score (nSPS) is 16.8. The number of amides is 1. The van der Waals surface area contributed by atoms with Crippen molar-refractivity contribution in [2.75, 3.05) is 39.5 Å². The van der Waals surface area contributed by atoms with Crippen molar-refractivity contribution in [3.05, 3.63) is 53.6 Å². The second kappa shape index (κ2) is 9.20. The molecule has 8 nitrogen and oxygen atoms in total. The molecule has 2 aromatic rings. The van der Waals surface area contributed by atoms with Crippen LogP contribution in [0.4, 0.5) is 13.2 Å². The zero-order valence-electron chi connectivity index (χ0n) is 17.5. The lowest BCUT2D eigenvalue weighted by Gasteiger charge is -2.34. The molecule has 0 spiro atoms. The van der Waals surface area contributed by atoms with Gasteiger partial charge in [-0.3, -0.25) is 9.69 Å². The number of piperazine rings is 1. The predicted molar refractivity (Wildman–Crippen MR) is 111 cm³/mol. The summed E-state index contributed by atoms with van der Waals surface area (Å²) in [6.07, 6.45) is -4.67. The summed E-state index contributed by atoms with van der Waals surface area (Å²) >= 11 is 0. The largest absolute Gasteiger partial charge is 0.454 e. The van der Waals surface area contributed by atoms with E-state index < -0.39 is 39.1 Å². The molecule has 2 aliphatic rings. The van der Waals surface area contributed by atoms with Gasteiger partial charge in [0.15, 0.2) is 11.5 Å². The van der Waals surface area contributed by atoms with E-state index in [1.807, 2.05) is 18.2 Å². The van der Waals surface area contributed by atoms with Crippen molar-refractivity contribution in [3.8, 4) is 11.5 Å². The Balaban J connectivity index is 1.28. The highest BCUT2D eigenvalue weighted by atomic mass is 32.2. The molecule has 1 saturated heterocycles. The molecule has 0 radical (unpaired) electrons. The minimum atomic E-state index is -4.67. The lowest BCUT2D eigenvalue weighted by atomic mass is 10.1. The number of carbonyl (C=O) groups is 1. The Hall–Kier alpha value is -2.83. The number of ether oxygens (including phenoxy) is 2. The van der Waals surface area contributed by atoms with Crippen LogP contribution in [0, 0.1) is 0 Å². The molecule has 178 valence electrons. The highest BCUT2D eigenvalue weighted by molar-refractivity contribution is 7.89. The Bertz CT molecular complexity index is 1130. The summed E-state index contributed by atoms with van der Waals surface area (Å²) in [4.78, 5) is 15.6. The third kappa shape index (κ3) is 5.57. The average molecular weight is 485 g/mol. The molecular weight excluding hydrogens is 463 g/mol. The van der Waals surface area contributed by atoms with E-state index in [1.165, 1.54) is 4.90 Å². The summed E-state index contributed by atoms with van der Waals surface area (Å²) in [6, 6.07) is 9.12. The molecule has 0 aliphatic carbocycles. The smallest absolute Gasteiger partial charge is 0.416 e. The second-order valence-corrected chi connectivity index (χ2v) is 9.46. The number of hydrogen-bond acceptors (Lipinski definition) is 6. The number of nitrogens with zero attached hydrogens (tertiary/aromatic N) is 2. The van der Waals surface area contributed by atoms with E-state index in [2.05, 4.69) is 9.62 Å². The van der Waals surface area contributed by atoms with Crippen LogP contribution in [0.25, 0.3) is 0 Å². The van der Waals surface area contributed by atoms with Gasteiger partial charge in [-0.05, 0) is 35.9 Å². The van der Waals surface area contributed by atoms with Crippen molar-refractivity contribution in [2.45, 2.75) is 17.6 Å². The van der Waals surface area contributed by atoms with Gasteiger partial charge in [0.05, 0.1) is 17.0 Å². The minimum Gasteiger partial charge on any atom is -0.454 e. The quantitative estimate of drug-likeness (QED) is 0.674. The van der Waals surface area contributed by atoms with E-state index in [0.29, 0.717) is 50.3 Å². The first kappa shape index (κ1) is 23.3. The average Bonchev–Trinajstić information content (AvgIpc) is 3.25. The maximum Gasteiger partial charge on any atom is 0.416 e. The van der Waals surface area contributed by atoms with E-state index in [-0.39, 0.29) is 6.79 Å². The third-order valence-electron chi connectivity index (χ3n) is 5.45. The number of fused-ring (bicyclic) bond motifs is 1. The molecule has 2 aromatic carbocycles. The van der Waals surface area contributed by atoms with Crippen LogP contribution in [0.3, 0.4) is 0 Å². The van der Waals surface area contributed by atoms with Gasteiger partial charge in [-0.2, -0.15) is 13.2 Å². The molecule has 1 N–H and O–H groups in total. The van der Waals surface area contributed by atoms with Crippen molar-refractivity contribution in [3.63, 3.8) is 0 Å². The Morgan fingerprint density at radius 2 is 1.73 bits per heavy atom. The summed E-state index contributed by atoms with van der Waals surface area (Å²) in [5.74, 6) is 0.976. The van der Waals surface area contributed by atoms with E-state index in [0.717, 1.165) is 23.8 Å². The molecule has 2 aliphatic heterocycles. The van der Waals surface area contributed by atoms with Gasteiger partial charge in [-0.1, -0.05) is 12.1 Å². The first-order chi connectivity index (χ1) is 15.6. The van der Waals surface area contributed by atoms with Crippen LogP contribution in [0.15, 0.2) is 47.4 Å². The van der Waals surface area contributed by atoms with Crippen molar-refractivity contribution >= 4 is 15.9 Å². The summed E-state index contributed by atoms with van der Waals surface area (Å²) in [7, 11) is -4.26. The van der Waals surface area contributed by atoms with Crippen molar-refractivity contribution in [1.29, 1.82) is 0 Å². The summed E-state index contributed by atoms with van der Waals surface area (Å²) in [6.45, 7) is 2.36. The fourth-order valence-electron chi connectivity index (χ4n) is 3.64. The third-order valence-corrected chi connectivity index (χ3v) is 6.85. The molecule has 12 heteroatoms. The zero-order valence-corrected chi connectivity index (χ0v) is 18.3. The topological polar surface area (TPSA) is 88.2 Å². The number of hydrogen-bond donors (Lipinski definition) is 1. The van der Waals surface area contributed by atoms with Gasteiger partial charge in [0.25, 0.3) is 0 Å². The maximum absolute atomic E-state index is 12.8. The zero-order chi connectivity index (χ0) is 23.6. The number of halogens is 3. The Morgan fingerprint density at radius 1 is 1.00 bits per heavy atom. The highest BCUT2D eigenvalue weighted by Gasteiger charge is 2.32. The molecule has 0 saturated carbocycles. The summed E-state index contributed by atoms with van der Waals surface area (Å²) in [5.41, 5.74) is -0.0249. The SMILES string of the molecule is O=C(CNS(=O)(=O)c1cccc(C(F)(F)F)c1)N1CCN(Cc2ccc3c(c2)OCO3)CC1. The first-order valence-electron chi connectivity index (χ1n) is 10.2. The van der Waals surface area contributed by atoms with Crippen LogP contribution < -0.4 is 14.2 Å². The lowest BCUT2D eigenvalue weighted by molar-refractivity contribution is -0.137. The molecule has 0 aromatic heterocycles. The molecule has 4 rings (SSSR count). The standard InChI is InChI=1S/C21H22F3N3O5S/c22-21(23,24)16-2-1-3-17(11-16)33(29,30)25-12-20(28)27-8-6-26(7-9-27)13-15-4-5-18-19(10-15)32-14-31-18/h1-5,10-11,25H,6-9,12-14H2. The van der Waals surface area contributed by atoms with Crippen LogP contribution in [-0.2, 0) is 27.5 Å². The minimum absolute atomic E-state index is 0.205. The van der Waals surface area contributed by atoms with Gasteiger partial charge >= 0.3 is 6.18 Å². The molecule has 1 fully saturated rings. The number of sulfonamides is 1. The van der Waals surface area contributed by atoms with Crippen LogP contribution in [0.5, 0.6) is 11.5 Å². The van der Waals surface area contributed by atoms with Crippen LogP contribution in [0.1, 0.15) is 11.1 Å². The Morgan fingerprint density at radius 3 is 2.45 bits per heavy atom. The molecule has 0 atom stereocenters. The van der Waals surface area contributed by atoms with Gasteiger partial charge in [0.2, 0.25) is 22.7 Å². The van der Waals surface area contributed by atoms with Crippen molar-refractivity contribution in [2.24, 2.45) is 0 Å². The first-order valence-corrected chi connectivity index (χ1v) is 11.7. The number of benzene rings is 2. The predicted octanol–water partition coefficient (Wildman–Crippen LogP) is 2.06. The summed E-state index contributed by atoms with van der Waals surface area (Å²) in [5, 5.41) is 0. The maximum atomic E-state index is 12.8. The highest BCUT2D eigenvalue weighted by Crippen LogP contribution is 2.33. The number of alkyl halides is 3. The monoisotopic (exact) mass is 485 g/mol. The number of rotatable bonds is 6. The van der Waals surface area contributed by atoms with Crippen LogP contribution in [-0.4, -0.2) is 63.6 Å². The molecule has 33 heavy (non-hydrogen) atoms. The number of carbonyl (C=O) groups excluding carboxylic acids is 1. The molecular formula is C21H22F3N3O5S. The van der Waals surface area contributed by atoms with Gasteiger partial charge < -0.3 is 14.4 Å².